The second-order valence-electron chi connectivity index (χ2n) is 3.96. The Balaban J connectivity index is 1.97. The minimum atomic E-state index is 0.376. The number of hydrogen-bond acceptors (Lipinski definition) is 4. The topological polar surface area (TPSA) is 65.4 Å². The van der Waals surface area contributed by atoms with Crippen LogP contribution in [-0.4, -0.2) is 14.6 Å². The molecule has 0 atom stereocenters. The van der Waals surface area contributed by atoms with Crippen LogP contribution in [0.2, 0.25) is 5.02 Å². The highest BCUT2D eigenvalue weighted by Crippen LogP contribution is 2.27. The van der Waals surface area contributed by atoms with Crippen LogP contribution in [-0.2, 0) is 6.54 Å². The van der Waals surface area contributed by atoms with E-state index in [2.05, 4.69) is 10.1 Å². The summed E-state index contributed by atoms with van der Waals surface area (Å²) in [5.74, 6) is 1.09. The van der Waals surface area contributed by atoms with Crippen molar-refractivity contribution in [1.29, 1.82) is 0 Å². The minimum absolute atomic E-state index is 0.376. The molecule has 0 aliphatic heterocycles. The fourth-order valence-electron chi connectivity index (χ4n) is 1.76. The highest BCUT2D eigenvalue weighted by atomic mass is 35.5. The summed E-state index contributed by atoms with van der Waals surface area (Å²) in [5, 5.41) is 4.67. The number of nitrogens with zero attached hydrogens (tertiary/aromatic N) is 3. The van der Waals surface area contributed by atoms with Crippen LogP contribution in [0.5, 0.6) is 11.6 Å². The zero-order chi connectivity index (χ0) is 13.2. The molecule has 0 amide bonds. The summed E-state index contributed by atoms with van der Waals surface area (Å²) in [6.07, 6.45) is 3.46. The van der Waals surface area contributed by atoms with Gasteiger partial charge in [-0.05, 0) is 12.1 Å². The van der Waals surface area contributed by atoms with Gasteiger partial charge < -0.3 is 10.5 Å². The van der Waals surface area contributed by atoms with Gasteiger partial charge in [0.25, 0.3) is 0 Å². The molecule has 0 fully saturated rings. The standard InChI is InChI=1S/C13H11ClN4O/c14-10-2-1-9(8-15)11(7-10)19-13-4-6-18-12(17-13)3-5-16-18/h1-7H,8,15H2. The Morgan fingerprint density at radius 1 is 1.26 bits per heavy atom. The molecule has 0 saturated heterocycles. The molecule has 0 bridgehead atoms. The van der Waals surface area contributed by atoms with Gasteiger partial charge in [-0.25, -0.2) is 4.52 Å². The van der Waals surface area contributed by atoms with Gasteiger partial charge in [-0.3, -0.25) is 0 Å². The molecular formula is C13H11ClN4O. The largest absolute Gasteiger partial charge is 0.439 e. The number of hydrogen-bond donors (Lipinski definition) is 1. The van der Waals surface area contributed by atoms with Gasteiger partial charge in [0, 0.05) is 35.5 Å². The lowest BCUT2D eigenvalue weighted by Crippen LogP contribution is -2.00. The van der Waals surface area contributed by atoms with Crippen molar-refractivity contribution in [2.24, 2.45) is 5.73 Å². The third-order valence-electron chi connectivity index (χ3n) is 2.70. The van der Waals surface area contributed by atoms with Crippen LogP contribution in [0.25, 0.3) is 5.65 Å². The Bertz CT molecular complexity index is 725. The third kappa shape index (κ3) is 2.38. The van der Waals surface area contributed by atoms with E-state index < -0.39 is 0 Å². The summed E-state index contributed by atoms with van der Waals surface area (Å²) in [6.45, 7) is 0.376. The van der Waals surface area contributed by atoms with Gasteiger partial charge in [-0.1, -0.05) is 17.7 Å². The summed E-state index contributed by atoms with van der Waals surface area (Å²) in [7, 11) is 0. The van der Waals surface area contributed by atoms with E-state index in [9.17, 15) is 0 Å². The van der Waals surface area contributed by atoms with Gasteiger partial charge in [0.2, 0.25) is 5.88 Å². The van der Waals surface area contributed by atoms with E-state index in [-0.39, 0.29) is 0 Å². The number of nitrogens with two attached hydrogens (primary N) is 1. The van der Waals surface area contributed by atoms with Crippen LogP contribution < -0.4 is 10.5 Å². The molecule has 3 rings (SSSR count). The second kappa shape index (κ2) is 4.87. The van der Waals surface area contributed by atoms with E-state index in [1.807, 2.05) is 6.07 Å². The maximum atomic E-state index is 5.96. The molecule has 3 aromatic rings. The molecule has 6 heteroatoms. The van der Waals surface area contributed by atoms with Crippen molar-refractivity contribution in [3.63, 3.8) is 0 Å². The highest BCUT2D eigenvalue weighted by molar-refractivity contribution is 6.30. The molecule has 0 aliphatic rings. The van der Waals surface area contributed by atoms with E-state index in [0.29, 0.717) is 28.8 Å². The maximum absolute atomic E-state index is 5.96. The summed E-state index contributed by atoms with van der Waals surface area (Å²) in [5.41, 5.74) is 7.26. The van der Waals surface area contributed by atoms with E-state index in [1.54, 1.807) is 41.2 Å². The maximum Gasteiger partial charge on any atom is 0.222 e. The van der Waals surface area contributed by atoms with Crippen LogP contribution in [0, 0.1) is 0 Å². The van der Waals surface area contributed by atoms with E-state index in [4.69, 9.17) is 22.1 Å². The number of ether oxygens (including phenoxy) is 1. The smallest absolute Gasteiger partial charge is 0.222 e. The molecule has 0 saturated carbocycles. The predicted molar refractivity (Wildman–Crippen MR) is 72.4 cm³/mol. The van der Waals surface area contributed by atoms with Gasteiger partial charge in [0.1, 0.15) is 5.75 Å². The third-order valence-corrected chi connectivity index (χ3v) is 2.93. The van der Waals surface area contributed by atoms with Gasteiger partial charge in [-0.15, -0.1) is 0 Å². The van der Waals surface area contributed by atoms with Crippen molar-refractivity contribution in [2.75, 3.05) is 0 Å². The van der Waals surface area contributed by atoms with E-state index >= 15 is 0 Å². The average molecular weight is 275 g/mol. The lowest BCUT2D eigenvalue weighted by molar-refractivity contribution is 0.457. The van der Waals surface area contributed by atoms with Crippen molar-refractivity contribution in [1.82, 2.24) is 14.6 Å². The average Bonchev–Trinajstić information content (AvgIpc) is 2.86. The number of rotatable bonds is 3. The molecule has 2 N–H and O–H groups in total. The Morgan fingerprint density at radius 2 is 2.16 bits per heavy atom. The first kappa shape index (κ1) is 12.0. The van der Waals surface area contributed by atoms with E-state index in [0.717, 1.165) is 5.56 Å². The van der Waals surface area contributed by atoms with Crippen LogP contribution in [0.4, 0.5) is 0 Å². The Morgan fingerprint density at radius 3 is 3.00 bits per heavy atom. The van der Waals surface area contributed by atoms with Crippen LogP contribution in [0.15, 0.2) is 42.7 Å². The van der Waals surface area contributed by atoms with Crippen molar-refractivity contribution >= 4 is 17.2 Å². The van der Waals surface area contributed by atoms with Crippen LogP contribution >= 0.6 is 11.6 Å². The Labute approximate surface area is 114 Å². The molecule has 19 heavy (non-hydrogen) atoms. The van der Waals surface area contributed by atoms with E-state index in [1.165, 1.54) is 0 Å². The fraction of sp³-hybridized carbons (Fsp3) is 0.0769. The predicted octanol–water partition coefficient (Wildman–Crippen LogP) is 2.63. The van der Waals surface area contributed by atoms with Crippen LogP contribution in [0.3, 0.4) is 0 Å². The number of halogens is 1. The second-order valence-corrected chi connectivity index (χ2v) is 4.39. The fourth-order valence-corrected chi connectivity index (χ4v) is 1.92. The Kier molecular flexibility index (Phi) is 3.06. The summed E-state index contributed by atoms with van der Waals surface area (Å²) in [4.78, 5) is 4.33. The van der Waals surface area contributed by atoms with Gasteiger partial charge in [0.05, 0.1) is 6.20 Å². The van der Waals surface area contributed by atoms with Gasteiger partial charge in [0.15, 0.2) is 5.65 Å². The van der Waals surface area contributed by atoms with Crippen molar-refractivity contribution < 1.29 is 4.74 Å². The minimum Gasteiger partial charge on any atom is -0.439 e. The highest BCUT2D eigenvalue weighted by Gasteiger charge is 2.06. The molecule has 0 radical (unpaired) electrons. The first-order valence-corrected chi connectivity index (χ1v) is 6.11. The first-order chi connectivity index (χ1) is 9.26. The molecule has 5 nitrogen and oxygen atoms in total. The van der Waals surface area contributed by atoms with Crippen molar-refractivity contribution in [3.8, 4) is 11.6 Å². The summed E-state index contributed by atoms with van der Waals surface area (Å²) in [6, 6.07) is 8.89. The molecule has 1 aromatic carbocycles. The molecular weight excluding hydrogens is 264 g/mol. The van der Waals surface area contributed by atoms with Gasteiger partial charge in [-0.2, -0.15) is 10.1 Å². The molecule has 0 aliphatic carbocycles. The molecule has 0 unspecified atom stereocenters. The quantitative estimate of drug-likeness (QED) is 0.797. The normalized spacial score (nSPS) is 10.8. The lowest BCUT2D eigenvalue weighted by atomic mass is 10.2. The molecule has 2 aromatic heterocycles. The van der Waals surface area contributed by atoms with Crippen molar-refractivity contribution in [2.45, 2.75) is 6.54 Å². The van der Waals surface area contributed by atoms with Gasteiger partial charge >= 0.3 is 0 Å². The lowest BCUT2D eigenvalue weighted by Gasteiger charge is -2.09. The van der Waals surface area contributed by atoms with Crippen molar-refractivity contribution in [3.05, 3.63) is 53.3 Å². The summed E-state index contributed by atoms with van der Waals surface area (Å²) < 4.78 is 7.40. The first-order valence-electron chi connectivity index (χ1n) is 5.73. The number of fused-ring (bicyclic) bond motifs is 1. The monoisotopic (exact) mass is 274 g/mol. The SMILES string of the molecule is NCc1ccc(Cl)cc1Oc1ccn2nccc2n1. The number of aromatic nitrogens is 3. The molecule has 96 valence electrons. The number of benzene rings is 1. The molecule has 2 heterocycles. The zero-order valence-electron chi connectivity index (χ0n) is 9.95. The molecule has 0 spiro atoms. The Hall–Kier alpha value is -2.11. The zero-order valence-corrected chi connectivity index (χ0v) is 10.7. The van der Waals surface area contributed by atoms with Crippen LogP contribution in [0.1, 0.15) is 5.56 Å². The summed E-state index contributed by atoms with van der Waals surface area (Å²) >= 11 is 5.96.